The highest BCUT2D eigenvalue weighted by molar-refractivity contribution is 6.30. The van der Waals surface area contributed by atoms with E-state index in [0.717, 1.165) is 12.8 Å². The second-order valence-corrected chi connectivity index (χ2v) is 5.03. The average molecular weight is 315 g/mol. The molecule has 1 fully saturated rings. The minimum atomic E-state index is -0.606. The number of amides is 1. The van der Waals surface area contributed by atoms with Crippen LogP contribution in [-0.4, -0.2) is 36.7 Å². The topological polar surface area (TPSA) is 90.7 Å². The van der Waals surface area contributed by atoms with Gasteiger partial charge >= 0.3 is 5.69 Å². The van der Waals surface area contributed by atoms with Gasteiger partial charge in [-0.15, -0.1) is 0 Å². The third-order valence-electron chi connectivity index (χ3n) is 3.03. The fourth-order valence-electron chi connectivity index (χ4n) is 1.98. The van der Waals surface area contributed by atoms with Crippen molar-refractivity contribution >= 4 is 23.2 Å². The molecule has 1 aromatic carbocycles. The minimum Gasteiger partial charge on any atom is -0.477 e. The third kappa shape index (κ3) is 4.57. The van der Waals surface area contributed by atoms with Gasteiger partial charge in [-0.3, -0.25) is 14.9 Å². The first-order valence-electron chi connectivity index (χ1n) is 6.51. The molecule has 114 valence electrons. The van der Waals surface area contributed by atoms with Gasteiger partial charge in [0.05, 0.1) is 11.0 Å². The van der Waals surface area contributed by atoms with Crippen LogP contribution >= 0.6 is 11.6 Å². The van der Waals surface area contributed by atoms with E-state index in [1.54, 1.807) is 0 Å². The second-order valence-electron chi connectivity index (χ2n) is 4.60. The second kappa shape index (κ2) is 7.24. The molecule has 1 heterocycles. The number of hydrogen-bond donors (Lipinski definition) is 1. The summed E-state index contributed by atoms with van der Waals surface area (Å²) < 4.78 is 10.5. The van der Waals surface area contributed by atoms with E-state index in [9.17, 15) is 14.9 Å². The molecule has 0 spiro atoms. The number of ether oxygens (including phenoxy) is 2. The van der Waals surface area contributed by atoms with Crippen LogP contribution in [0.3, 0.4) is 0 Å². The lowest BCUT2D eigenvalue weighted by Crippen LogP contribution is -2.35. The Morgan fingerprint density at radius 1 is 1.57 bits per heavy atom. The maximum absolute atomic E-state index is 11.6. The zero-order valence-corrected chi connectivity index (χ0v) is 12.0. The minimum absolute atomic E-state index is 0.0108. The van der Waals surface area contributed by atoms with Crippen molar-refractivity contribution < 1.29 is 19.2 Å². The van der Waals surface area contributed by atoms with Gasteiger partial charge < -0.3 is 14.8 Å². The van der Waals surface area contributed by atoms with Crippen molar-refractivity contribution in [3.63, 3.8) is 0 Å². The number of nitro benzene ring substituents is 1. The molecule has 0 unspecified atom stereocenters. The third-order valence-corrected chi connectivity index (χ3v) is 3.26. The van der Waals surface area contributed by atoms with Crippen molar-refractivity contribution in [1.29, 1.82) is 0 Å². The Morgan fingerprint density at radius 2 is 2.38 bits per heavy atom. The molecule has 2 rings (SSSR count). The van der Waals surface area contributed by atoms with Gasteiger partial charge in [-0.2, -0.15) is 0 Å². The molecular formula is C13H15ClN2O5. The molecule has 0 bridgehead atoms. The summed E-state index contributed by atoms with van der Waals surface area (Å²) in [6.45, 7) is 0.841. The van der Waals surface area contributed by atoms with Crippen molar-refractivity contribution in [1.82, 2.24) is 5.32 Å². The number of hydrogen-bond acceptors (Lipinski definition) is 5. The highest BCUT2D eigenvalue weighted by Gasteiger charge is 2.18. The zero-order valence-electron chi connectivity index (χ0n) is 11.2. The molecule has 1 atom stereocenters. The molecule has 0 aromatic heterocycles. The summed E-state index contributed by atoms with van der Waals surface area (Å²) in [6.07, 6.45) is 1.96. The van der Waals surface area contributed by atoms with Crippen LogP contribution in [0.2, 0.25) is 5.02 Å². The Labute approximate surface area is 126 Å². The number of nitro groups is 1. The summed E-state index contributed by atoms with van der Waals surface area (Å²) in [5.74, 6) is -0.341. The zero-order chi connectivity index (χ0) is 15.2. The molecule has 1 amide bonds. The van der Waals surface area contributed by atoms with Crippen LogP contribution < -0.4 is 10.1 Å². The van der Waals surface area contributed by atoms with Crippen LogP contribution in [0.5, 0.6) is 5.75 Å². The number of nitrogens with zero attached hydrogens (tertiary/aromatic N) is 1. The van der Waals surface area contributed by atoms with Gasteiger partial charge in [0.2, 0.25) is 0 Å². The van der Waals surface area contributed by atoms with Gasteiger partial charge in [-0.25, -0.2) is 0 Å². The van der Waals surface area contributed by atoms with E-state index in [0.29, 0.717) is 13.2 Å². The summed E-state index contributed by atoms with van der Waals surface area (Å²) in [7, 11) is 0. The Bertz CT molecular complexity index is 531. The van der Waals surface area contributed by atoms with E-state index >= 15 is 0 Å². The van der Waals surface area contributed by atoms with Crippen LogP contribution in [0.25, 0.3) is 0 Å². The Kier molecular flexibility index (Phi) is 5.35. The lowest BCUT2D eigenvalue weighted by Gasteiger charge is -2.11. The molecule has 1 saturated heterocycles. The van der Waals surface area contributed by atoms with Gasteiger partial charge in [-0.05, 0) is 25.0 Å². The van der Waals surface area contributed by atoms with E-state index in [1.807, 2.05) is 0 Å². The lowest BCUT2D eigenvalue weighted by atomic mass is 10.2. The number of nitrogens with one attached hydrogen (secondary N) is 1. The fourth-order valence-corrected chi connectivity index (χ4v) is 2.15. The molecule has 0 radical (unpaired) electrons. The van der Waals surface area contributed by atoms with Crippen molar-refractivity contribution in [2.24, 2.45) is 0 Å². The molecule has 0 aliphatic carbocycles. The van der Waals surface area contributed by atoms with Gasteiger partial charge in [0, 0.05) is 24.2 Å². The number of carbonyl (C=O) groups is 1. The number of benzene rings is 1. The van der Waals surface area contributed by atoms with Gasteiger partial charge in [0.25, 0.3) is 5.91 Å². The molecule has 21 heavy (non-hydrogen) atoms. The monoisotopic (exact) mass is 314 g/mol. The molecule has 1 N–H and O–H groups in total. The van der Waals surface area contributed by atoms with Gasteiger partial charge in [-0.1, -0.05) is 11.6 Å². The Balaban J connectivity index is 1.84. The van der Waals surface area contributed by atoms with Crippen LogP contribution in [0.15, 0.2) is 18.2 Å². The van der Waals surface area contributed by atoms with Crippen LogP contribution in [0.1, 0.15) is 12.8 Å². The first-order valence-corrected chi connectivity index (χ1v) is 6.89. The molecular weight excluding hydrogens is 300 g/mol. The fraction of sp³-hybridized carbons (Fsp3) is 0.462. The van der Waals surface area contributed by atoms with Crippen LogP contribution in [0, 0.1) is 10.1 Å². The molecule has 7 nitrogen and oxygen atoms in total. The summed E-state index contributed by atoms with van der Waals surface area (Å²) >= 11 is 5.69. The standard InChI is InChI=1S/C13H15ClN2O5/c14-9-3-4-12(11(6-9)16(18)19)21-8-13(17)15-7-10-2-1-5-20-10/h3-4,6,10H,1-2,5,7-8H2,(H,15,17)/t10-/m0/s1. The van der Waals surface area contributed by atoms with Crippen molar-refractivity contribution in [3.05, 3.63) is 33.3 Å². The predicted octanol–water partition coefficient (Wildman–Crippen LogP) is 1.92. The smallest absolute Gasteiger partial charge is 0.312 e. The summed E-state index contributed by atoms with van der Waals surface area (Å²) in [5, 5.41) is 13.8. The van der Waals surface area contributed by atoms with Crippen molar-refractivity contribution in [2.45, 2.75) is 18.9 Å². The van der Waals surface area contributed by atoms with E-state index < -0.39 is 4.92 Å². The first-order chi connectivity index (χ1) is 10.1. The first kappa shape index (κ1) is 15.5. The summed E-state index contributed by atoms with van der Waals surface area (Å²) in [5.41, 5.74) is -0.269. The Hall–Kier alpha value is -1.86. The predicted molar refractivity (Wildman–Crippen MR) is 75.6 cm³/mol. The molecule has 1 aromatic rings. The summed E-state index contributed by atoms with van der Waals surface area (Å²) in [6, 6.07) is 4.02. The number of rotatable bonds is 6. The van der Waals surface area contributed by atoms with Gasteiger partial charge in [0.1, 0.15) is 0 Å². The molecule has 8 heteroatoms. The highest BCUT2D eigenvalue weighted by Crippen LogP contribution is 2.29. The number of carbonyl (C=O) groups excluding carboxylic acids is 1. The number of halogens is 1. The average Bonchev–Trinajstić information content (AvgIpc) is 2.97. The lowest BCUT2D eigenvalue weighted by molar-refractivity contribution is -0.385. The van der Waals surface area contributed by atoms with Crippen molar-refractivity contribution in [3.8, 4) is 5.75 Å². The molecule has 1 aliphatic heterocycles. The van der Waals surface area contributed by atoms with Crippen LogP contribution in [-0.2, 0) is 9.53 Å². The maximum atomic E-state index is 11.6. The SMILES string of the molecule is O=C(COc1ccc(Cl)cc1[N+](=O)[O-])NC[C@@H]1CCCO1. The quantitative estimate of drug-likeness (QED) is 0.640. The van der Waals surface area contributed by atoms with E-state index in [2.05, 4.69) is 5.32 Å². The van der Waals surface area contributed by atoms with Crippen molar-refractivity contribution in [2.75, 3.05) is 19.8 Å². The Morgan fingerprint density at radius 3 is 3.05 bits per heavy atom. The largest absolute Gasteiger partial charge is 0.477 e. The molecule has 0 saturated carbocycles. The van der Waals surface area contributed by atoms with Gasteiger partial charge in [0.15, 0.2) is 12.4 Å². The van der Waals surface area contributed by atoms with E-state index in [4.69, 9.17) is 21.1 Å². The van der Waals surface area contributed by atoms with E-state index in [1.165, 1.54) is 18.2 Å². The highest BCUT2D eigenvalue weighted by atomic mass is 35.5. The summed E-state index contributed by atoms with van der Waals surface area (Å²) in [4.78, 5) is 21.9. The van der Waals surface area contributed by atoms with E-state index in [-0.39, 0.29) is 35.1 Å². The maximum Gasteiger partial charge on any atom is 0.312 e. The normalized spacial score (nSPS) is 17.5. The molecule has 1 aliphatic rings. The van der Waals surface area contributed by atoms with Crippen LogP contribution in [0.4, 0.5) is 5.69 Å².